The van der Waals surface area contributed by atoms with Crippen LogP contribution in [-0.2, 0) is 0 Å². The SMILES string of the molecule is N#Cc1ccc2c(c1)c1c(c3c(c4cc(C#N)ccc4n3-c3nc(-c4ccccc4)nc(-c4ccccc4)n3)n1C1=CCCC=C1)n2-c1ccccc1. The van der Waals surface area contributed by atoms with Crippen LogP contribution in [0.5, 0.6) is 0 Å². The van der Waals surface area contributed by atoms with E-state index in [1.807, 2.05) is 115 Å². The van der Waals surface area contributed by atoms with Gasteiger partial charge in [0.05, 0.1) is 50.8 Å². The first-order valence-electron chi connectivity index (χ1n) is 17.5. The van der Waals surface area contributed by atoms with Crippen LogP contribution in [-0.4, -0.2) is 28.7 Å². The highest BCUT2D eigenvalue weighted by Gasteiger charge is 2.30. The molecule has 0 aliphatic heterocycles. The normalized spacial score (nSPS) is 12.8. The predicted molar refractivity (Wildman–Crippen MR) is 209 cm³/mol. The van der Waals surface area contributed by atoms with E-state index in [-0.39, 0.29) is 0 Å². The van der Waals surface area contributed by atoms with Gasteiger partial charge in [-0.1, -0.05) is 91.0 Å². The van der Waals surface area contributed by atoms with Gasteiger partial charge >= 0.3 is 0 Å². The van der Waals surface area contributed by atoms with Crippen LogP contribution in [0.2, 0.25) is 0 Å². The molecule has 1 aliphatic carbocycles. The lowest BCUT2D eigenvalue weighted by Gasteiger charge is -2.12. The summed E-state index contributed by atoms with van der Waals surface area (Å²) in [6.45, 7) is 0. The lowest BCUT2D eigenvalue weighted by molar-refractivity contribution is 0.953. The summed E-state index contributed by atoms with van der Waals surface area (Å²) in [6, 6.07) is 46.7. The fourth-order valence-electron chi connectivity index (χ4n) is 7.66. The predicted octanol–water partition coefficient (Wildman–Crippen LogP) is 10.1. The Balaban J connectivity index is 1.46. The zero-order chi connectivity index (χ0) is 35.5. The number of allylic oxidation sites excluding steroid dienone is 4. The van der Waals surface area contributed by atoms with Gasteiger partial charge in [0.2, 0.25) is 5.95 Å². The molecule has 0 amide bonds. The van der Waals surface area contributed by atoms with Gasteiger partial charge in [-0.25, -0.2) is 4.98 Å². The maximum absolute atomic E-state index is 10.2. The standard InChI is InChI=1S/C45H28N8/c46-27-29-21-23-37-35(25-29)39-41(51(37)33-17-9-3-10-18-33)42-40(52(39)34-19-11-4-12-20-34)36-26-30(28-47)22-24-38(36)53(42)45-49-43(31-13-5-1-6-14-31)48-44(50-45)32-15-7-2-8-16-32/h1-3,5-11,13-26H,4,12H2. The molecule has 4 aromatic heterocycles. The molecule has 10 rings (SSSR count). The lowest BCUT2D eigenvalue weighted by atomic mass is 10.1. The third kappa shape index (κ3) is 4.71. The van der Waals surface area contributed by atoms with E-state index in [2.05, 4.69) is 56.2 Å². The van der Waals surface area contributed by atoms with Gasteiger partial charge in [-0.15, -0.1) is 0 Å². The van der Waals surface area contributed by atoms with Crippen molar-refractivity contribution in [3.05, 3.63) is 157 Å². The lowest BCUT2D eigenvalue weighted by Crippen LogP contribution is -2.07. The number of nitrogens with zero attached hydrogens (tertiary/aromatic N) is 8. The highest BCUT2D eigenvalue weighted by Crippen LogP contribution is 2.46. The van der Waals surface area contributed by atoms with Crippen molar-refractivity contribution in [3.63, 3.8) is 0 Å². The van der Waals surface area contributed by atoms with Crippen molar-refractivity contribution < 1.29 is 0 Å². The molecule has 9 aromatic rings. The maximum atomic E-state index is 10.2. The summed E-state index contributed by atoms with van der Waals surface area (Å²) in [7, 11) is 0. The third-order valence-corrected chi connectivity index (χ3v) is 9.95. The van der Waals surface area contributed by atoms with Gasteiger partial charge in [0, 0.05) is 33.3 Å². The first kappa shape index (κ1) is 30.3. The molecule has 0 N–H and O–H groups in total. The van der Waals surface area contributed by atoms with Crippen molar-refractivity contribution in [2.45, 2.75) is 12.8 Å². The number of hydrogen-bond acceptors (Lipinski definition) is 5. The maximum Gasteiger partial charge on any atom is 0.238 e. The summed E-state index contributed by atoms with van der Waals surface area (Å²) < 4.78 is 6.71. The van der Waals surface area contributed by atoms with Gasteiger partial charge in [-0.05, 0) is 67.4 Å². The van der Waals surface area contributed by atoms with E-state index in [1.165, 1.54) is 0 Å². The molecule has 53 heavy (non-hydrogen) atoms. The topological polar surface area (TPSA) is 101 Å². The molecule has 0 saturated carbocycles. The van der Waals surface area contributed by atoms with E-state index >= 15 is 0 Å². The quantitative estimate of drug-likeness (QED) is 0.180. The molecular weight excluding hydrogens is 653 g/mol. The molecule has 0 fully saturated rings. The largest absolute Gasteiger partial charge is 0.306 e. The second-order valence-corrected chi connectivity index (χ2v) is 13.0. The van der Waals surface area contributed by atoms with E-state index in [0.29, 0.717) is 28.7 Å². The number of rotatable bonds is 5. The molecule has 8 heteroatoms. The summed E-state index contributed by atoms with van der Waals surface area (Å²) in [4.78, 5) is 15.4. The fourth-order valence-corrected chi connectivity index (χ4v) is 7.66. The number of aromatic nitrogens is 6. The van der Waals surface area contributed by atoms with E-state index in [9.17, 15) is 10.5 Å². The smallest absolute Gasteiger partial charge is 0.238 e. The van der Waals surface area contributed by atoms with E-state index in [0.717, 1.165) is 79.2 Å². The molecule has 0 atom stereocenters. The monoisotopic (exact) mass is 680 g/mol. The Bertz CT molecular complexity index is 3000. The molecule has 8 nitrogen and oxygen atoms in total. The molecule has 0 unspecified atom stereocenters. The highest BCUT2D eigenvalue weighted by atomic mass is 15.2. The Kier molecular flexibility index (Phi) is 6.89. The third-order valence-electron chi connectivity index (χ3n) is 9.95. The summed E-state index contributed by atoms with van der Waals surface area (Å²) in [5, 5.41) is 22.1. The second-order valence-electron chi connectivity index (χ2n) is 13.0. The summed E-state index contributed by atoms with van der Waals surface area (Å²) in [5.74, 6) is 1.56. The second kappa shape index (κ2) is 12.1. The minimum atomic E-state index is 0.456. The zero-order valence-corrected chi connectivity index (χ0v) is 28.3. The number of benzene rings is 5. The van der Waals surface area contributed by atoms with Gasteiger partial charge in [-0.2, -0.15) is 20.5 Å². The average molecular weight is 681 g/mol. The van der Waals surface area contributed by atoms with Crippen LogP contribution < -0.4 is 0 Å². The van der Waals surface area contributed by atoms with Crippen LogP contribution in [0.3, 0.4) is 0 Å². The Labute approximate surface area is 304 Å². The van der Waals surface area contributed by atoms with Gasteiger partial charge in [0.25, 0.3) is 0 Å². The van der Waals surface area contributed by atoms with Gasteiger partial charge in [-0.3, -0.25) is 4.57 Å². The molecular formula is C45H28N8. The first-order valence-corrected chi connectivity index (χ1v) is 17.5. The Morgan fingerprint density at radius 3 is 1.57 bits per heavy atom. The van der Waals surface area contributed by atoms with Crippen LogP contribution >= 0.6 is 0 Å². The summed E-state index contributed by atoms with van der Waals surface area (Å²) in [6.07, 6.45) is 8.49. The van der Waals surface area contributed by atoms with E-state index in [4.69, 9.17) is 15.0 Å². The van der Waals surface area contributed by atoms with Crippen LogP contribution in [0.4, 0.5) is 0 Å². The number of fused-ring (bicyclic) bond motifs is 7. The van der Waals surface area contributed by atoms with Crippen molar-refractivity contribution in [2.75, 3.05) is 0 Å². The molecule has 0 bridgehead atoms. The van der Waals surface area contributed by atoms with E-state index in [1.54, 1.807) is 0 Å². The van der Waals surface area contributed by atoms with Crippen molar-refractivity contribution in [2.24, 2.45) is 0 Å². The fraction of sp³-hybridized carbons (Fsp3) is 0.0444. The van der Waals surface area contributed by atoms with Crippen LogP contribution in [0.25, 0.3) is 84.0 Å². The van der Waals surface area contributed by atoms with Crippen molar-refractivity contribution in [1.82, 2.24) is 28.7 Å². The van der Waals surface area contributed by atoms with Gasteiger partial charge < -0.3 is 9.13 Å². The van der Waals surface area contributed by atoms with Gasteiger partial charge in [0.1, 0.15) is 5.52 Å². The Morgan fingerprint density at radius 1 is 0.509 bits per heavy atom. The molecule has 4 heterocycles. The van der Waals surface area contributed by atoms with Crippen molar-refractivity contribution in [1.29, 1.82) is 10.5 Å². The Hall–Kier alpha value is -7.55. The number of para-hydroxylation sites is 1. The molecule has 0 spiro atoms. The van der Waals surface area contributed by atoms with Gasteiger partial charge in [0.15, 0.2) is 11.6 Å². The Morgan fingerprint density at radius 2 is 1.04 bits per heavy atom. The van der Waals surface area contributed by atoms with Crippen LogP contribution in [0, 0.1) is 22.7 Å². The zero-order valence-electron chi connectivity index (χ0n) is 28.3. The van der Waals surface area contributed by atoms with Crippen LogP contribution in [0.15, 0.2) is 146 Å². The van der Waals surface area contributed by atoms with Crippen molar-refractivity contribution in [3.8, 4) is 46.5 Å². The molecule has 248 valence electrons. The molecule has 0 saturated heterocycles. The van der Waals surface area contributed by atoms with E-state index < -0.39 is 0 Å². The van der Waals surface area contributed by atoms with Crippen LogP contribution in [0.1, 0.15) is 24.0 Å². The number of hydrogen-bond donors (Lipinski definition) is 0. The van der Waals surface area contributed by atoms with Crippen molar-refractivity contribution >= 4 is 49.6 Å². The minimum Gasteiger partial charge on any atom is -0.306 e. The highest BCUT2D eigenvalue weighted by molar-refractivity contribution is 6.26. The first-order chi connectivity index (χ1) is 26.2. The molecule has 1 aliphatic rings. The summed E-state index contributed by atoms with van der Waals surface area (Å²) in [5.41, 5.74) is 10.4. The number of nitriles is 2. The molecule has 0 radical (unpaired) electrons. The summed E-state index contributed by atoms with van der Waals surface area (Å²) >= 11 is 0. The average Bonchev–Trinajstić information content (AvgIpc) is 3.86. The minimum absolute atomic E-state index is 0.456. The molecule has 5 aromatic carbocycles.